The molecule has 1 fully saturated rings. The summed E-state index contributed by atoms with van der Waals surface area (Å²) in [6.45, 7) is 2.16. The van der Waals surface area contributed by atoms with Gasteiger partial charge in [0.05, 0.1) is 6.61 Å². The molecule has 0 unspecified atom stereocenters. The van der Waals surface area contributed by atoms with Crippen LogP contribution in [0.5, 0.6) is 0 Å². The van der Waals surface area contributed by atoms with E-state index < -0.39 is 49.3 Å². The fraction of sp³-hybridized carbons (Fsp3) is 0.818. The molecule has 0 aromatic rings. The fourth-order valence-electron chi connectivity index (χ4n) is 1.91. The first-order chi connectivity index (χ1) is 8.90. The van der Waals surface area contributed by atoms with E-state index in [-0.39, 0.29) is 0 Å². The average molecular weight is 277 g/mol. The van der Waals surface area contributed by atoms with Gasteiger partial charge in [-0.2, -0.15) is 0 Å². The zero-order valence-electron chi connectivity index (χ0n) is 10.7. The van der Waals surface area contributed by atoms with Gasteiger partial charge in [-0.05, 0) is 6.92 Å². The minimum absolute atomic E-state index is 0.449. The lowest BCUT2D eigenvalue weighted by atomic mass is 9.96. The van der Waals surface area contributed by atoms with E-state index in [9.17, 15) is 19.8 Å². The molecule has 1 aliphatic rings. The highest BCUT2D eigenvalue weighted by Gasteiger charge is 2.46. The number of hydrogen-bond donors (Lipinski definition) is 4. The molecule has 0 radical (unpaired) electrons. The Balaban J connectivity index is 2.89. The van der Waals surface area contributed by atoms with Crippen molar-refractivity contribution in [2.75, 3.05) is 6.61 Å². The Labute approximate surface area is 110 Å². The Morgan fingerprint density at radius 3 is 2.63 bits per heavy atom. The summed E-state index contributed by atoms with van der Waals surface area (Å²) in [6, 6.07) is -1.03. The molecule has 1 amide bonds. The van der Waals surface area contributed by atoms with Crippen LogP contribution in [-0.4, -0.2) is 70.9 Å². The van der Waals surface area contributed by atoms with Crippen LogP contribution in [0.25, 0.3) is 0 Å². The number of rotatable bonds is 5. The smallest absolute Gasteiger partial charge is 0.217 e. The first kappa shape index (κ1) is 16.0. The standard InChI is InChI=1S/C11H19NO7/c1-5(3-13)18-10-8(12-6(2)15)11(17)19-7(4-14)9(10)16/h3,5,7-11,14,16-17H,4H2,1-2H3,(H,12,15)/t5-,7-,8-,9-,10-,11+/m1/s1. The zero-order chi connectivity index (χ0) is 14.6. The summed E-state index contributed by atoms with van der Waals surface area (Å²) in [5, 5.41) is 31.2. The van der Waals surface area contributed by atoms with E-state index in [2.05, 4.69) is 5.32 Å². The second-order valence-corrected chi connectivity index (χ2v) is 4.41. The molecule has 1 heterocycles. The van der Waals surface area contributed by atoms with Gasteiger partial charge in [0.15, 0.2) is 6.29 Å². The fourth-order valence-corrected chi connectivity index (χ4v) is 1.91. The van der Waals surface area contributed by atoms with Crippen LogP contribution in [0.3, 0.4) is 0 Å². The highest BCUT2D eigenvalue weighted by atomic mass is 16.6. The maximum Gasteiger partial charge on any atom is 0.217 e. The van der Waals surface area contributed by atoms with E-state index in [1.54, 1.807) is 0 Å². The molecule has 1 saturated heterocycles. The molecule has 1 aliphatic heterocycles. The van der Waals surface area contributed by atoms with Gasteiger partial charge >= 0.3 is 0 Å². The van der Waals surface area contributed by atoms with Crippen molar-refractivity contribution < 1.29 is 34.4 Å². The van der Waals surface area contributed by atoms with Crippen molar-refractivity contribution in [1.82, 2.24) is 5.32 Å². The quantitative estimate of drug-likeness (QED) is 0.410. The number of ether oxygens (including phenoxy) is 2. The maximum absolute atomic E-state index is 11.1. The zero-order valence-corrected chi connectivity index (χ0v) is 10.7. The highest BCUT2D eigenvalue weighted by molar-refractivity contribution is 5.73. The Hall–Kier alpha value is -1.06. The van der Waals surface area contributed by atoms with Gasteiger partial charge in [0, 0.05) is 6.92 Å². The van der Waals surface area contributed by atoms with E-state index in [4.69, 9.17) is 14.6 Å². The van der Waals surface area contributed by atoms with Crippen molar-refractivity contribution in [3.8, 4) is 0 Å². The van der Waals surface area contributed by atoms with Gasteiger partial charge in [-0.3, -0.25) is 4.79 Å². The molecule has 19 heavy (non-hydrogen) atoms. The molecule has 6 atom stereocenters. The summed E-state index contributed by atoms with van der Waals surface area (Å²) < 4.78 is 10.3. The van der Waals surface area contributed by atoms with Crippen LogP contribution in [0.1, 0.15) is 13.8 Å². The second-order valence-electron chi connectivity index (χ2n) is 4.41. The number of hydrogen-bond acceptors (Lipinski definition) is 7. The lowest BCUT2D eigenvalue weighted by molar-refractivity contribution is -0.265. The minimum Gasteiger partial charge on any atom is -0.394 e. The maximum atomic E-state index is 11.1. The topological polar surface area (TPSA) is 125 Å². The number of carbonyl (C=O) groups excluding carboxylic acids is 2. The highest BCUT2D eigenvalue weighted by Crippen LogP contribution is 2.23. The van der Waals surface area contributed by atoms with Gasteiger partial charge in [0.25, 0.3) is 0 Å². The molecule has 0 aromatic carbocycles. The van der Waals surface area contributed by atoms with Crippen molar-refractivity contribution in [2.24, 2.45) is 0 Å². The molecule has 110 valence electrons. The third-order valence-corrected chi connectivity index (χ3v) is 2.81. The normalized spacial score (nSPS) is 36.6. The molecule has 0 saturated carbocycles. The van der Waals surface area contributed by atoms with E-state index in [0.717, 1.165) is 0 Å². The third-order valence-electron chi connectivity index (χ3n) is 2.81. The number of nitrogens with one attached hydrogen (secondary N) is 1. The first-order valence-electron chi connectivity index (χ1n) is 5.91. The second kappa shape index (κ2) is 6.92. The van der Waals surface area contributed by atoms with Gasteiger partial charge in [-0.15, -0.1) is 0 Å². The van der Waals surface area contributed by atoms with Crippen molar-refractivity contribution in [1.29, 1.82) is 0 Å². The van der Waals surface area contributed by atoms with E-state index in [0.29, 0.717) is 6.29 Å². The monoisotopic (exact) mass is 277 g/mol. The third kappa shape index (κ3) is 3.95. The van der Waals surface area contributed by atoms with E-state index in [1.165, 1.54) is 13.8 Å². The Bertz CT molecular complexity index is 324. The molecule has 0 spiro atoms. The van der Waals surface area contributed by atoms with E-state index in [1.807, 2.05) is 0 Å². The summed E-state index contributed by atoms with van der Waals surface area (Å²) in [5.74, 6) is -0.449. The molecular formula is C11H19NO7. The van der Waals surface area contributed by atoms with Gasteiger partial charge < -0.3 is 34.9 Å². The van der Waals surface area contributed by atoms with Gasteiger partial charge in [-0.25, -0.2) is 0 Å². The molecule has 8 heteroatoms. The van der Waals surface area contributed by atoms with Crippen molar-refractivity contribution in [2.45, 2.75) is 50.6 Å². The van der Waals surface area contributed by atoms with Crippen LogP contribution in [0, 0.1) is 0 Å². The lowest BCUT2D eigenvalue weighted by Crippen LogP contribution is -2.65. The first-order valence-corrected chi connectivity index (χ1v) is 5.91. The molecule has 8 nitrogen and oxygen atoms in total. The summed E-state index contributed by atoms with van der Waals surface area (Å²) in [5.41, 5.74) is 0. The van der Waals surface area contributed by atoms with Gasteiger partial charge in [0.1, 0.15) is 36.7 Å². The number of carbonyl (C=O) groups is 2. The number of aliphatic hydroxyl groups excluding tert-OH is 3. The number of amides is 1. The van der Waals surface area contributed by atoms with Crippen LogP contribution in [-0.2, 0) is 19.1 Å². The molecular weight excluding hydrogens is 258 g/mol. The van der Waals surface area contributed by atoms with Crippen LogP contribution in [0.4, 0.5) is 0 Å². The molecule has 0 bridgehead atoms. The molecule has 0 aliphatic carbocycles. The lowest BCUT2D eigenvalue weighted by Gasteiger charge is -2.42. The molecule has 4 N–H and O–H groups in total. The summed E-state index contributed by atoms with van der Waals surface area (Å²) >= 11 is 0. The van der Waals surface area contributed by atoms with Crippen molar-refractivity contribution >= 4 is 12.2 Å². The summed E-state index contributed by atoms with van der Waals surface area (Å²) in [4.78, 5) is 21.7. The van der Waals surface area contributed by atoms with Gasteiger partial charge in [0.2, 0.25) is 5.91 Å². The predicted octanol–water partition coefficient (Wildman–Crippen LogP) is -2.47. The summed E-state index contributed by atoms with van der Waals surface area (Å²) in [6.07, 6.45) is -5.16. The van der Waals surface area contributed by atoms with E-state index >= 15 is 0 Å². The predicted molar refractivity (Wildman–Crippen MR) is 62.0 cm³/mol. The van der Waals surface area contributed by atoms with Crippen LogP contribution < -0.4 is 5.32 Å². The van der Waals surface area contributed by atoms with Crippen molar-refractivity contribution in [3.63, 3.8) is 0 Å². The SMILES string of the molecule is CC(=O)N[C@@H]1[C@@H](O[C@H](C)C=O)[C@H](O)[C@@H](CO)O[C@@H]1O. The minimum atomic E-state index is -1.45. The molecule has 0 aromatic heterocycles. The largest absolute Gasteiger partial charge is 0.394 e. The average Bonchev–Trinajstić information content (AvgIpc) is 2.36. The van der Waals surface area contributed by atoms with Crippen LogP contribution in [0.15, 0.2) is 0 Å². The van der Waals surface area contributed by atoms with Gasteiger partial charge in [-0.1, -0.05) is 0 Å². The Kier molecular flexibility index (Phi) is 5.83. The number of aldehydes is 1. The van der Waals surface area contributed by atoms with Crippen LogP contribution in [0.2, 0.25) is 0 Å². The number of aliphatic hydroxyl groups is 3. The Morgan fingerprint density at radius 2 is 2.16 bits per heavy atom. The van der Waals surface area contributed by atoms with Crippen LogP contribution >= 0.6 is 0 Å². The van der Waals surface area contributed by atoms with Crippen molar-refractivity contribution in [3.05, 3.63) is 0 Å². The summed E-state index contributed by atoms with van der Waals surface area (Å²) in [7, 11) is 0. The Morgan fingerprint density at radius 1 is 1.53 bits per heavy atom. The molecule has 1 rings (SSSR count).